The maximum Gasteiger partial charge on any atom is 0.324 e. The summed E-state index contributed by atoms with van der Waals surface area (Å²) < 4.78 is 5.31. The van der Waals surface area contributed by atoms with Crippen molar-refractivity contribution in [2.75, 3.05) is 31.1 Å². The molecule has 2 saturated heterocycles. The first-order valence-corrected chi connectivity index (χ1v) is 11.1. The number of carbonyl (C=O) groups is 1. The lowest BCUT2D eigenvalue weighted by molar-refractivity contribution is -0.126. The number of aryl methyl sites for hydroxylation is 1. The van der Waals surface area contributed by atoms with Gasteiger partial charge in [0.2, 0.25) is 5.91 Å². The summed E-state index contributed by atoms with van der Waals surface area (Å²) in [5.41, 5.74) is 0.536. The summed E-state index contributed by atoms with van der Waals surface area (Å²) in [7, 11) is 0. The van der Waals surface area contributed by atoms with Gasteiger partial charge in [-0.05, 0) is 64.2 Å². The van der Waals surface area contributed by atoms with Crippen LogP contribution in [0.4, 0.5) is 6.01 Å². The highest BCUT2D eigenvalue weighted by Crippen LogP contribution is 2.55. The topological polar surface area (TPSA) is 74.5 Å². The molecule has 28 heavy (non-hydrogen) atoms. The van der Waals surface area contributed by atoms with Crippen LogP contribution in [0.15, 0.2) is 4.52 Å². The number of carbonyl (C=O) groups excluding carboxylic acids is 1. The van der Waals surface area contributed by atoms with Gasteiger partial charge in [0.1, 0.15) is 0 Å². The molecule has 3 saturated carbocycles. The molecule has 1 unspecified atom stereocenters. The first-order chi connectivity index (χ1) is 13.4. The summed E-state index contributed by atoms with van der Waals surface area (Å²) in [6.07, 6.45) is 7.44. The minimum absolute atomic E-state index is 0.0957. The van der Waals surface area contributed by atoms with Crippen molar-refractivity contribution in [2.24, 2.45) is 23.2 Å². The Labute approximate surface area is 166 Å². The van der Waals surface area contributed by atoms with E-state index in [9.17, 15) is 4.79 Å². The number of piperidine rings is 1. The van der Waals surface area contributed by atoms with Crippen LogP contribution in [0.5, 0.6) is 0 Å². The van der Waals surface area contributed by atoms with Crippen molar-refractivity contribution in [2.45, 2.75) is 64.0 Å². The van der Waals surface area contributed by atoms with Crippen LogP contribution in [0, 0.1) is 30.1 Å². The third kappa shape index (κ3) is 2.61. The summed E-state index contributed by atoms with van der Waals surface area (Å²) in [4.78, 5) is 21.9. The van der Waals surface area contributed by atoms with E-state index in [0.717, 1.165) is 39.0 Å². The van der Waals surface area contributed by atoms with Gasteiger partial charge >= 0.3 is 6.01 Å². The Morgan fingerprint density at radius 1 is 1.21 bits per heavy atom. The molecule has 152 valence electrons. The molecule has 3 aliphatic carbocycles. The minimum Gasteiger partial charge on any atom is -0.351 e. The van der Waals surface area contributed by atoms with E-state index in [1.165, 1.54) is 25.7 Å². The number of aromatic nitrogens is 2. The highest BCUT2D eigenvalue weighted by molar-refractivity contribution is 5.83. The molecular formula is C21H31N5O2. The van der Waals surface area contributed by atoms with Crippen LogP contribution in [-0.4, -0.2) is 58.7 Å². The van der Waals surface area contributed by atoms with E-state index in [1.54, 1.807) is 0 Å². The van der Waals surface area contributed by atoms with Crippen LogP contribution in [0.25, 0.3) is 0 Å². The van der Waals surface area contributed by atoms with Gasteiger partial charge in [0.25, 0.3) is 0 Å². The highest BCUT2D eigenvalue weighted by atomic mass is 16.5. The second-order valence-corrected chi connectivity index (χ2v) is 10.6. The van der Waals surface area contributed by atoms with Crippen molar-refractivity contribution in [1.82, 2.24) is 20.4 Å². The Kier molecular flexibility index (Phi) is 3.52. The molecule has 1 N–H and O–H groups in total. The maximum atomic E-state index is 12.6. The number of nitrogens with zero attached hydrogens (tertiary/aromatic N) is 4. The summed E-state index contributed by atoms with van der Waals surface area (Å²) in [6.45, 7) is 8.44. The van der Waals surface area contributed by atoms with Crippen molar-refractivity contribution >= 4 is 11.9 Å². The number of amides is 1. The van der Waals surface area contributed by atoms with Gasteiger partial charge in [0, 0.05) is 49.1 Å². The van der Waals surface area contributed by atoms with Gasteiger partial charge in [-0.25, -0.2) is 0 Å². The maximum absolute atomic E-state index is 12.6. The molecule has 7 heteroatoms. The van der Waals surface area contributed by atoms with E-state index in [2.05, 4.69) is 32.2 Å². The second-order valence-electron chi connectivity index (χ2n) is 10.6. The predicted octanol–water partition coefficient (Wildman–Crippen LogP) is 1.97. The zero-order valence-electron chi connectivity index (χ0n) is 17.0. The number of nitrogens with one attached hydrogen (secondary N) is 1. The Morgan fingerprint density at radius 2 is 1.96 bits per heavy atom. The summed E-state index contributed by atoms with van der Waals surface area (Å²) in [5, 5.41) is 7.25. The number of hydrogen-bond acceptors (Lipinski definition) is 6. The van der Waals surface area contributed by atoms with Gasteiger partial charge in [-0.3, -0.25) is 9.69 Å². The molecule has 1 aromatic heterocycles. The molecular weight excluding hydrogens is 354 g/mol. The van der Waals surface area contributed by atoms with Gasteiger partial charge < -0.3 is 14.7 Å². The van der Waals surface area contributed by atoms with Crippen LogP contribution in [0.2, 0.25) is 0 Å². The van der Waals surface area contributed by atoms with E-state index < -0.39 is 0 Å². The minimum atomic E-state index is 0.0957. The molecule has 0 radical (unpaired) electrons. The molecule has 1 amide bonds. The van der Waals surface area contributed by atoms with E-state index in [-0.39, 0.29) is 5.54 Å². The average Bonchev–Trinajstić information content (AvgIpc) is 3.06. The Hall–Kier alpha value is -1.63. The van der Waals surface area contributed by atoms with E-state index >= 15 is 0 Å². The fraction of sp³-hybridized carbons (Fsp3) is 0.857. The van der Waals surface area contributed by atoms with Crippen molar-refractivity contribution in [1.29, 1.82) is 0 Å². The lowest BCUT2D eigenvalue weighted by Gasteiger charge is -2.47. The van der Waals surface area contributed by atoms with Crippen LogP contribution < -0.4 is 10.2 Å². The Bertz CT molecular complexity index is 784. The summed E-state index contributed by atoms with van der Waals surface area (Å²) in [6, 6.07) is 1.38. The molecule has 5 fully saturated rings. The first-order valence-electron chi connectivity index (χ1n) is 11.1. The average molecular weight is 386 g/mol. The van der Waals surface area contributed by atoms with Gasteiger partial charge in [0.15, 0.2) is 5.82 Å². The zero-order chi connectivity index (χ0) is 19.1. The first kappa shape index (κ1) is 17.2. The summed E-state index contributed by atoms with van der Waals surface area (Å²) in [5.74, 6) is 2.56. The molecule has 0 aromatic carbocycles. The third-order valence-electron chi connectivity index (χ3n) is 8.44. The number of likely N-dealkylation sites (tertiary alicyclic amines) is 1. The molecule has 6 rings (SSSR count). The van der Waals surface area contributed by atoms with E-state index in [4.69, 9.17) is 4.52 Å². The SMILES string of the molecule is Cc1noc(N2CC3(CCC(N4C[C@@H]5[C@H](C4)[C@H]5C(=O)NC4(C)CCC4)C3)C2)n1. The van der Waals surface area contributed by atoms with Crippen molar-refractivity contribution in [3.8, 4) is 0 Å². The van der Waals surface area contributed by atoms with Crippen molar-refractivity contribution in [3.63, 3.8) is 0 Å². The lowest BCUT2D eigenvalue weighted by atomic mass is 9.78. The molecule has 0 bridgehead atoms. The molecule has 1 aromatic rings. The van der Waals surface area contributed by atoms with Gasteiger partial charge in [-0.15, -0.1) is 0 Å². The van der Waals surface area contributed by atoms with E-state index in [0.29, 0.717) is 47.0 Å². The van der Waals surface area contributed by atoms with Crippen LogP contribution in [0.1, 0.15) is 51.3 Å². The van der Waals surface area contributed by atoms with Gasteiger partial charge in [0.05, 0.1) is 0 Å². The number of rotatable bonds is 4. The number of fused-ring (bicyclic) bond motifs is 1. The Balaban J connectivity index is 0.999. The molecule has 2 aliphatic heterocycles. The molecule has 3 heterocycles. The van der Waals surface area contributed by atoms with Crippen molar-refractivity contribution < 1.29 is 9.32 Å². The molecule has 7 nitrogen and oxygen atoms in total. The number of anilines is 1. The smallest absolute Gasteiger partial charge is 0.324 e. The zero-order valence-corrected chi connectivity index (χ0v) is 17.0. The van der Waals surface area contributed by atoms with Crippen LogP contribution in [-0.2, 0) is 4.79 Å². The molecule has 5 aliphatic rings. The quantitative estimate of drug-likeness (QED) is 0.854. The monoisotopic (exact) mass is 385 g/mol. The van der Waals surface area contributed by atoms with E-state index in [1.807, 2.05) is 6.92 Å². The van der Waals surface area contributed by atoms with Gasteiger partial charge in [-0.1, -0.05) is 5.16 Å². The van der Waals surface area contributed by atoms with Crippen LogP contribution >= 0.6 is 0 Å². The third-order valence-corrected chi connectivity index (χ3v) is 8.44. The second kappa shape index (κ2) is 5.71. The van der Waals surface area contributed by atoms with Gasteiger partial charge in [-0.2, -0.15) is 4.98 Å². The lowest BCUT2D eigenvalue weighted by Crippen LogP contribution is -2.56. The van der Waals surface area contributed by atoms with Crippen LogP contribution in [0.3, 0.4) is 0 Å². The largest absolute Gasteiger partial charge is 0.351 e. The highest BCUT2D eigenvalue weighted by Gasteiger charge is 2.62. The van der Waals surface area contributed by atoms with Crippen molar-refractivity contribution in [3.05, 3.63) is 5.82 Å². The fourth-order valence-electron chi connectivity index (χ4n) is 6.55. The summed E-state index contributed by atoms with van der Waals surface area (Å²) >= 11 is 0. The standard InChI is InChI=1S/C21H31N5O2/c1-13-22-19(28-24-13)26-11-21(12-26)7-4-14(8-21)25-9-15-16(10-25)17(15)18(27)23-20(2)5-3-6-20/h14-17H,3-12H2,1-2H3,(H,23,27)/t14?,15-,16+,17+. The fourth-order valence-corrected chi connectivity index (χ4v) is 6.55. The normalized spacial score (nSPS) is 37.4. The number of hydrogen-bond donors (Lipinski definition) is 1. The predicted molar refractivity (Wildman–Crippen MR) is 104 cm³/mol. The Morgan fingerprint density at radius 3 is 2.57 bits per heavy atom. The molecule has 1 spiro atoms. The molecule has 4 atom stereocenters.